The van der Waals surface area contributed by atoms with Crippen molar-refractivity contribution in [3.63, 3.8) is 0 Å². The van der Waals surface area contributed by atoms with Crippen LogP contribution in [0.15, 0.2) is 33.9 Å². The Kier molecular flexibility index (Phi) is 4.60. The molecule has 2 rings (SSSR count). The normalized spacial score (nSPS) is 11.4. The topological polar surface area (TPSA) is 80.5 Å². The molecule has 112 valence electrons. The molecule has 0 spiro atoms. The van der Waals surface area contributed by atoms with Crippen LogP contribution in [0.25, 0.3) is 0 Å². The van der Waals surface area contributed by atoms with E-state index >= 15 is 0 Å². The van der Waals surface area contributed by atoms with Crippen molar-refractivity contribution >= 4 is 50.5 Å². The third-order valence-electron chi connectivity index (χ3n) is 2.58. The predicted molar refractivity (Wildman–Crippen MR) is 83.1 cm³/mol. The average molecular weight is 365 g/mol. The number of benzene rings is 1. The van der Waals surface area contributed by atoms with Gasteiger partial charge in [0, 0.05) is 5.02 Å². The highest BCUT2D eigenvalue weighted by Gasteiger charge is 2.29. The molecular formula is C12H10Cl2N2O3S2. The molecule has 1 amide bonds. The number of amides is 1. The van der Waals surface area contributed by atoms with E-state index in [1.807, 2.05) is 0 Å². The molecule has 0 fully saturated rings. The fourth-order valence-corrected chi connectivity index (χ4v) is 4.36. The standard InChI is InChI=1S/C12H10Cl2N2O3S2/c1-7-4-11(20-6-7)21(18,19)16(15)12(17)9-3-2-8(13)5-10(9)14/h2-6H,15H2,1H3. The monoisotopic (exact) mass is 364 g/mol. The summed E-state index contributed by atoms with van der Waals surface area (Å²) in [6, 6.07) is 5.53. The van der Waals surface area contributed by atoms with E-state index in [0.717, 1.165) is 16.9 Å². The lowest BCUT2D eigenvalue weighted by atomic mass is 10.2. The van der Waals surface area contributed by atoms with Crippen LogP contribution in [-0.4, -0.2) is 18.7 Å². The van der Waals surface area contributed by atoms with Crippen molar-refractivity contribution in [3.8, 4) is 0 Å². The smallest absolute Gasteiger partial charge is 0.266 e. The number of thiophene rings is 1. The highest BCUT2D eigenvalue weighted by atomic mass is 35.5. The lowest BCUT2D eigenvalue weighted by Crippen LogP contribution is -2.42. The summed E-state index contributed by atoms with van der Waals surface area (Å²) in [4.78, 5) is 12.2. The number of hydrogen-bond acceptors (Lipinski definition) is 5. The zero-order chi connectivity index (χ0) is 15.8. The predicted octanol–water partition coefficient (Wildman–Crippen LogP) is 3.07. The Hall–Kier alpha value is -1.12. The van der Waals surface area contributed by atoms with Crippen molar-refractivity contribution in [2.75, 3.05) is 0 Å². The summed E-state index contributed by atoms with van der Waals surface area (Å²) in [5, 5.41) is 2.01. The first-order chi connectivity index (χ1) is 9.73. The number of sulfonamides is 1. The quantitative estimate of drug-likeness (QED) is 0.515. The Morgan fingerprint density at radius 1 is 1.29 bits per heavy atom. The number of carbonyl (C=O) groups is 1. The summed E-state index contributed by atoms with van der Waals surface area (Å²) in [5.74, 6) is 4.56. The first kappa shape index (κ1) is 16.3. The minimum absolute atomic E-state index is 0.0130. The van der Waals surface area contributed by atoms with Crippen LogP contribution >= 0.6 is 34.5 Å². The number of hydrazine groups is 1. The second kappa shape index (κ2) is 5.94. The zero-order valence-electron chi connectivity index (χ0n) is 10.7. The molecule has 0 aliphatic heterocycles. The number of hydrogen-bond donors (Lipinski definition) is 1. The Morgan fingerprint density at radius 3 is 2.48 bits per heavy atom. The third-order valence-corrected chi connectivity index (χ3v) is 6.20. The van der Waals surface area contributed by atoms with Gasteiger partial charge in [0.25, 0.3) is 15.9 Å². The largest absolute Gasteiger partial charge is 0.289 e. The first-order valence-electron chi connectivity index (χ1n) is 5.58. The van der Waals surface area contributed by atoms with Gasteiger partial charge in [-0.05, 0) is 42.1 Å². The van der Waals surface area contributed by atoms with E-state index in [1.165, 1.54) is 24.3 Å². The SMILES string of the molecule is Cc1csc(S(=O)(=O)N(N)C(=O)c2ccc(Cl)cc2Cl)c1. The summed E-state index contributed by atoms with van der Waals surface area (Å²) in [5.41, 5.74) is 0.726. The summed E-state index contributed by atoms with van der Waals surface area (Å²) in [6.45, 7) is 1.74. The van der Waals surface area contributed by atoms with Gasteiger partial charge in [-0.3, -0.25) is 4.79 Å². The lowest BCUT2D eigenvalue weighted by Gasteiger charge is -2.16. The van der Waals surface area contributed by atoms with E-state index < -0.39 is 15.9 Å². The molecule has 0 radical (unpaired) electrons. The molecule has 5 nitrogen and oxygen atoms in total. The summed E-state index contributed by atoms with van der Waals surface area (Å²) < 4.78 is 24.7. The van der Waals surface area contributed by atoms with Crippen molar-refractivity contribution in [2.45, 2.75) is 11.1 Å². The van der Waals surface area contributed by atoms with Crippen LogP contribution in [0.1, 0.15) is 15.9 Å². The van der Waals surface area contributed by atoms with Gasteiger partial charge in [0.15, 0.2) is 0 Å². The molecule has 2 N–H and O–H groups in total. The Bertz CT molecular complexity index is 803. The van der Waals surface area contributed by atoms with Crippen molar-refractivity contribution in [1.82, 2.24) is 4.41 Å². The highest BCUT2D eigenvalue weighted by Crippen LogP contribution is 2.26. The van der Waals surface area contributed by atoms with Gasteiger partial charge in [-0.25, -0.2) is 5.84 Å². The second-order valence-corrected chi connectivity index (χ2v) is 7.97. The van der Waals surface area contributed by atoms with Gasteiger partial charge in [-0.15, -0.1) is 11.3 Å². The molecule has 0 aliphatic carbocycles. The highest BCUT2D eigenvalue weighted by molar-refractivity contribution is 7.91. The van der Waals surface area contributed by atoms with Gasteiger partial charge in [-0.1, -0.05) is 23.2 Å². The summed E-state index contributed by atoms with van der Waals surface area (Å²) in [6.07, 6.45) is 0. The number of rotatable bonds is 3. The number of nitrogens with zero attached hydrogens (tertiary/aromatic N) is 1. The molecule has 1 aromatic carbocycles. The van der Waals surface area contributed by atoms with Crippen molar-refractivity contribution < 1.29 is 13.2 Å². The maximum Gasteiger partial charge on any atom is 0.289 e. The fourth-order valence-electron chi connectivity index (χ4n) is 1.53. The van der Waals surface area contributed by atoms with E-state index in [4.69, 9.17) is 29.0 Å². The van der Waals surface area contributed by atoms with Gasteiger partial charge in [0.05, 0.1) is 10.6 Å². The van der Waals surface area contributed by atoms with Crippen LogP contribution in [-0.2, 0) is 10.0 Å². The molecular weight excluding hydrogens is 355 g/mol. The second-order valence-electron chi connectivity index (χ2n) is 4.17. The molecule has 1 aromatic heterocycles. The van der Waals surface area contributed by atoms with E-state index in [1.54, 1.807) is 12.3 Å². The van der Waals surface area contributed by atoms with Gasteiger partial charge in [0.2, 0.25) is 0 Å². The van der Waals surface area contributed by atoms with Crippen LogP contribution in [0, 0.1) is 6.92 Å². The molecule has 0 aliphatic rings. The van der Waals surface area contributed by atoms with Crippen LogP contribution in [0.4, 0.5) is 0 Å². The zero-order valence-corrected chi connectivity index (χ0v) is 13.9. The fraction of sp³-hybridized carbons (Fsp3) is 0.0833. The van der Waals surface area contributed by atoms with E-state index in [-0.39, 0.29) is 19.2 Å². The molecule has 0 saturated heterocycles. The number of nitrogens with two attached hydrogens (primary N) is 1. The Balaban J connectivity index is 2.39. The number of halogens is 2. The van der Waals surface area contributed by atoms with Gasteiger partial charge >= 0.3 is 0 Å². The molecule has 21 heavy (non-hydrogen) atoms. The summed E-state index contributed by atoms with van der Waals surface area (Å²) in [7, 11) is -4.10. The van der Waals surface area contributed by atoms with Crippen LogP contribution in [0.5, 0.6) is 0 Å². The molecule has 0 saturated carbocycles. The maximum atomic E-state index is 12.3. The van der Waals surface area contributed by atoms with Crippen LogP contribution in [0.2, 0.25) is 10.0 Å². The Morgan fingerprint density at radius 2 is 1.95 bits per heavy atom. The Labute approximate surface area is 135 Å². The minimum atomic E-state index is -4.10. The van der Waals surface area contributed by atoms with E-state index in [2.05, 4.69) is 0 Å². The average Bonchev–Trinajstić information content (AvgIpc) is 2.84. The van der Waals surface area contributed by atoms with Gasteiger partial charge in [0.1, 0.15) is 4.21 Å². The maximum absolute atomic E-state index is 12.3. The van der Waals surface area contributed by atoms with E-state index in [0.29, 0.717) is 5.02 Å². The molecule has 0 bridgehead atoms. The molecule has 0 unspecified atom stereocenters. The van der Waals surface area contributed by atoms with Gasteiger partial charge < -0.3 is 0 Å². The molecule has 2 aromatic rings. The lowest BCUT2D eigenvalue weighted by molar-refractivity contribution is 0.0862. The molecule has 1 heterocycles. The summed E-state index contributed by atoms with van der Waals surface area (Å²) >= 11 is 12.6. The van der Waals surface area contributed by atoms with Crippen LogP contribution in [0.3, 0.4) is 0 Å². The van der Waals surface area contributed by atoms with Crippen molar-refractivity contribution in [2.24, 2.45) is 5.84 Å². The van der Waals surface area contributed by atoms with Gasteiger partial charge in [-0.2, -0.15) is 12.8 Å². The third kappa shape index (κ3) is 3.22. The molecule has 9 heteroatoms. The number of aryl methyl sites for hydroxylation is 1. The number of carbonyl (C=O) groups excluding carboxylic acids is 1. The minimum Gasteiger partial charge on any atom is -0.266 e. The molecule has 0 atom stereocenters. The van der Waals surface area contributed by atoms with Crippen molar-refractivity contribution in [1.29, 1.82) is 0 Å². The van der Waals surface area contributed by atoms with Crippen molar-refractivity contribution in [3.05, 3.63) is 50.8 Å². The first-order valence-corrected chi connectivity index (χ1v) is 8.65. The van der Waals surface area contributed by atoms with E-state index in [9.17, 15) is 13.2 Å². The van der Waals surface area contributed by atoms with Crippen LogP contribution < -0.4 is 5.84 Å².